The van der Waals surface area contributed by atoms with Crippen LogP contribution in [0.1, 0.15) is 278 Å². The van der Waals surface area contributed by atoms with Gasteiger partial charge in [-0.2, -0.15) is 0 Å². The molecular weight excluding hydrogens is 925 g/mol. The Balaban J connectivity index is 4.31. The van der Waals surface area contributed by atoms with Crippen molar-refractivity contribution in [2.75, 3.05) is 13.2 Å². The standard InChI is InChI=1S/C69H114O6/c1-4-7-10-13-16-19-22-24-26-28-30-31-32-33-34-35-36-37-39-40-42-44-47-50-53-56-59-62-68(71)74-65-66(64-73-67(70)61-58-55-52-49-46-21-18-15-12-9-6-3)75-69(72)63-60-57-54-51-48-45-43-41-38-29-27-25-23-20-17-14-11-8-5-2/h7-8,10-11,15-20,24-27,30-31,38,41,45,48,66H,4-6,9,12-14,21-23,28-29,32-37,39-40,42-44,46-47,49-65H2,1-3H3/b10-7-,11-8-,18-15-,19-16-,20-17-,26-24-,27-25-,31-30-,41-38-,48-45-. The lowest BCUT2D eigenvalue weighted by Crippen LogP contribution is -2.30. The molecule has 1 unspecified atom stereocenters. The van der Waals surface area contributed by atoms with Crippen molar-refractivity contribution in [3.05, 3.63) is 122 Å². The van der Waals surface area contributed by atoms with Crippen LogP contribution in [0, 0.1) is 0 Å². The summed E-state index contributed by atoms with van der Waals surface area (Å²) < 4.78 is 16.9. The third-order valence-corrected chi connectivity index (χ3v) is 12.9. The molecular formula is C69H114O6. The minimum Gasteiger partial charge on any atom is -0.462 e. The molecule has 0 N–H and O–H groups in total. The summed E-state index contributed by atoms with van der Waals surface area (Å²) in [7, 11) is 0. The Morgan fingerprint density at radius 3 is 0.840 bits per heavy atom. The molecule has 0 spiro atoms. The summed E-state index contributed by atoms with van der Waals surface area (Å²) in [5.74, 6) is -0.937. The molecule has 0 aromatic carbocycles. The summed E-state index contributed by atoms with van der Waals surface area (Å²) in [6, 6.07) is 0. The topological polar surface area (TPSA) is 78.9 Å². The minimum atomic E-state index is -0.802. The minimum absolute atomic E-state index is 0.0957. The maximum atomic E-state index is 12.9. The molecule has 6 nitrogen and oxygen atoms in total. The van der Waals surface area contributed by atoms with Crippen LogP contribution >= 0.6 is 0 Å². The number of hydrogen-bond acceptors (Lipinski definition) is 6. The van der Waals surface area contributed by atoms with Gasteiger partial charge in [0.15, 0.2) is 6.10 Å². The Morgan fingerprint density at radius 1 is 0.280 bits per heavy atom. The fourth-order valence-corrected chi connectivity index (χ4v) is 8.32. The van der Waals surface area contributed by atoms with Crippen molar-refractivity contribution in [2.24, 2.45) is 0 Å². The summed E-state index contributed by atoms with van der Waals surface area (Å²) in [5, 5.41) is 0. The molecule has 0 amide bonds. The van der Waals surface area contributed by atoms with Crippen LogP contribution in [0.4, 0.5) is 0 Å². The molecule has 75 heavy (non-hydrogen) atoms. The Morgan fingerprint density at radius 2 is 0.520 bits per heavy atom. The largest absolute Gasteiger partial charge is 0.462 e. The predicted octanol–water partition coefficient (Wildman–Crippen LogP) is 21.2. The van der Waals surface area contributed by atoms with Crippen LogP contribution in [0.3, 0.4) is 0 Å². The van der Waals surface area contributed by atoms with E-state index in [1.54, 1.807) is 0 Å². The second kappa shape index (κ2) is 62.4. The van der Waals surface area contributed by atoms with Gasteiger partial charge in [-0.15, -0.1) is 0 Å². The molecule has 0 bridgehead atoms. The molecule has 0 aromatic heterocycles. The molecule has 0 rings (SSSR count). The number of hydrogen-bond donors (Lipinski definition) is 0. The maximum absolute atomic E-state index is 12.9. The van der Waals surface area contributed by atoms with Crippen LogP contribution in [0.5, 0.6) is 0 Å². The first-order valence-corrected chi connectivity index (χ1v) is 31.0. The van der Waals surface area contributed by atoms with Crippen LogP contribution in [-0.4, -0.2) is 37.2 Å². The van der Waals surface area contributed by atoms with Gasteiger partial charge in [0, 0.05) is 19.3 Å². The van der Waals surface area contributed by atoms with Crippen molar-refractivity contribution >= 4 is 17.9 Å². The van der Waals surface area contributed by atoms with E-state index in [9.17, 15) is 14.4 Å². The Bertz CT molecular complexity index is 1570. The third-order valence-electron chi connectivity index (χ3n) is 12.9. The Kier molecular flexibility index (Phi) is 58.9. The highest BCUT2D eigenvalue weighted by atomic mass is 16.6. The van der Waals surface area contributed by atoms with Crippen LogP contribution in [0.15, 0.2) is 122 Å². The first-order valence-electron chi connectivity index (χ1n) is 31.0. The Labute approximate surface area is 462 Å². The molecule has 0 saturated heterocycles. The molecule has 426 valence electrons. The fraction of sp³-hybridized carbons (Fsp3) is 0.667. The van der Waals surface area contributed by atoms with Crippen LogP contribution in [0.25, 0.3) is 0 Å². The van der Waals surface area contributed by atoms with E-state index in [2.05, 4.69) is 142 Å². The van der Waals surface area contributed by atoms with Crippen molar-refractivity contribution in [2.45, 2.75) is 284 Å². The number of carbonyl (C=O) groups is 3. The smallest absolute Gasteiger partial charge is 0.306 e. The molecule has 6 heteroatoms. The summed E-state index contributed by atoms with van der Waals surface area (Å²) in [4.78, 5) is 38.2. The maximum Gasteiger partial charge on any atom is 0.306 e. The second-order valence-electron chi connectivity index (χ2n) is 20.2. The van der Waals surface area contributed by atoms with E-state index in [0.29, 0.717) is 12.8 Å². The highest BCUT2D eigenvalue weighted by molar-refractivity contribution is 5.71. The molecule has 0 aromatic rings. The fourth-order valence-electron chi connectivity index (χ4n) is 8.32. The third kappa shape index (κ3) is 60.6. The Hall–Kier alpha value is -4.19. The number of ether oxygens (including phenoxy) is 3. The zero-order valence-electron chi connectivity index (χ0n) is 48.8. The first kappa shape index (κ1) is 70.8. The molecule has 1 atom stereocenters. The van der Waals surface area contributed by atoms with E-state index >= 15 is 0 Å². The molecule has 0 radical (unpaired) electrons. The van der Waals surface area contributed by atoms with E-state index in [1.807, 2.05) is 0 Å². The van der Waals surface area contributed by atoms with E-state index in [-0.39, 0.29) is 37.5 Å². The first-order chi connectivity index (χ1) is 37.0. The van der Waals surface area contributed by atoms with Gasteiger partial charge in [0.05, 0.1) is 0 Å². The number of allylic oxidation sites excluding steroid dienone is 20. The lowest BCUT2D eigenvalue weighted by Gasteiger charge is -2.18. The van der Waals surface area contributed by atoms with E-state index < -0.39 is 6.10 Å². The van der Waals surface area contributed by atoms with Gasteiger partial charge in [0.25, 0.3) is 0 Å². The quantitative estimate of drug-likeness (QED) is 0.0261. The average Bonchev–Trinajstić information content (AvgIpc) is 3.41. The predicted molar refractivity (Wildman–Crippen MR) is 325 cm³/mol. The van der Waals surface area contributed by atoms with Gasteiger partial charge in [-0.25, -0.2) is 0 Å². The zero-order valence-corrected chi connectivity index (χ0v) is 48.8. The van der Waals surface area contributed by atoms with Gasteiger partial charge in [-0.1, -0.05) is 258 Å². The molecule has 0 fully saturated rings. The number of rotatable bonds is 55. The van der Waals surface area contributed by atoms with E-state index in [1.165, 1.54) is 103 Å². The second-order valence-corrected chi connectivity index (χ2v) is 20.2. The van der Waals surface area contributed by atoms with Crippen LogP contribution in [0.2, 0.25) is 0 Å². The van der Waals surface area contributed by atoms with Gasteiger partial charge in [-0.3, -0.25) is 14.4 Å². The van der Waals surface area contributed by atoms with Crippen molar-refractivity contribution < 1.29 is 28.6 Å². The van der Waals surface area contributed by atoms with Crippen LogP contribution < -0.4 is 0 Å². The summed E-state index contributed by atoms with van der Waals surface area (Å²) in [5.41, 5.74) is 0. The SMILES string of the molecule is CC/C=C\C/C=C\C/C=C\C/C=C\C/C=C\CCCCCC(=O)OC(COC(=O)CCCCCCC/C=C\CCCC)COC(=O)CCCCCCCCCCCCCCCC/C=C\C/C=C\C/C=C\C/C=C\CC. The van der Waals surface area contributed by atoms with Gasteiger partial charge >= 0.3 is 17.9 Å². The highest BCUT2D eigenvalue weighted by Crippen LogP contribution is 2.16. The molecule has 0 aliphatic rings. The normalized spacial score (nSPS) is 12.9. The van der Waals surface area contributed by atoms with Gasteiger partial charge < -0.3 is 14.2 Å². The van der Waals surface area contributed by atoms with Crippen molar-refractivity contribution in [3.63, 3.8) is 0 Å². The number of esters is 3. The zero-order chi connectivity index (χ0) is 54.3. The van der Waals surface area contributed by atoms with E-state index in [0.717, 1.165) is 135 Å². The molecule has 0 saturated carbocycles. The average molecular weight is 1040 g/mol. The molecule has 0 aliphatic heterocycles. The van der Waals surface area contributed by atoms with Crippen molar-refractivity contribution in [1.29, 1.82) is 0 Å². The summed E-state index contributed by atoms with van der Waals surface area (Å²) in [6.45, 7) is 6.35. The summed E-state index contributed by atoms with van der Waals surface area (Å²) >= 11 is 0. The number of unbranched alkanes of at least 4 members (excludes halogenated alkanes) is 24. The van der Waals surface area contributed by atoms with Gasteiger partial charge in [-0.05, 0) is 122 Å². The highest BCUT2D eigenvalue weighted by Gasteiger charge is 2.19. The molecule has 0 aliphatic carbocycles. The van der Waals surface area contributed by atoms with Gasteiger partial charge in [0.1, 0.15) is 13.2 Å². The molecule has 0 heterocycles. The number of carbonyl (C=O) groups excluding carboxylic acids is 3. The van der Waals surface area contributed by atoms with Crippen molar-refractivity contribution in [3.8, 4) is 0 Å². The van der Waals surface area contributed by atoms with Crippen molar-refractivity contribution in [1.82, 2.24) is 0 Å². The van der Waals surface area contributed by atoms with Crippen LogP contribution in [-0.2, 0) is 28.6 Å². The monoisotopic (exact) mass is 1040 g/mol. The lowest BCUT2D eigenvalue weighted by molar-refractivity contribution is -0.167. The van der Waals surface area contributed by atoms with Gasteiger partial charge in [0.2, 0.25) is 0 Å². The lowest BCUT2D eigenvalue weighted by atomic mass is 10.0. The van der Waals surface area contributed by atoms with E-state index in [4.69, 9.17) is 14.2 Å². The summed E-state index contributed by atoms with van der Waals surface area (Å²) in [6.07, 6.45) is 86.4.